The number of hydrogen-bond acceptors (Lipinski definition) is 5. The van der Waals surface area contributed by atoms with Gasteiger partial charge in [0.25, 0.3) is 0 Å². The van der Waals surface area contributed by atoms with Gasteiger partial charge in [-0.25, -0.2) is 0 Å². The molecule has 7 nitrogen and oxygen atoms in total. The summed E-state index contributed by atoms with van der Waals surface area (Å²) in [6, 6.07) is 7.41. The maximum absolute atomic E-state index is 12.3. The molecule has 132 valence electrons. The van der Waals surface area contributed by atoms with Gasteiger partial charge in [0.15, 0.2) is 5.16 Å². The predicted octanol–water partition coefficient (Wildman–Crippen LogP) is 2.46. The van der Waals surface area contributed by atoms with Gasteiger partial charge < -0.3 is 14.8 Å². The van der Waals surface area contributed by atoms with Crippen molar-refractivity contribution in [2.75, 3.05) is 22.5 Å². The molecule has 1 saturated heterocycles. The Bertz CT molecular complexity index is 789. The monoisotopic (exact) mass is 359 g/mol. The van der Waals surface area contributed by atoms with Crippen LogP contribution in [0.2, 0.25) is 0 Å². The van der Waals surface area contributed by atoms with Gasteiger partial charge in [-0.3, -0.25) is 9.59 Å². The van der Waals surface area contributed by atoms with Crippen LogP contribution < -0.4 is 10.2 Å². The maximum Gasteiger partial charge on any atom is 0.234 e. The van der Waals surface area contributed by atoms with E-state index in [0.29, 0.717) is 18.7 Å². The van der Waals surface area contributed by atoms with Crippen LogP contribution in [-0.2, 0) is 16.1 Å². The average Bonchev–Trinajstić information content (AvgIpc) is 3.19. The summed E-state index contributed by atoms with van der Waals surface area (Å²) >= 11 is 1.36. The molecule has 0 atom stereocenters. The summed E-state index contributed by atoms with van der Waals surface area (Å²) in [7, 11) is 0. The number of carbonyl (C=O) groups excluding carboxylic acids is 2. The van der Waals surface area contributed by atoms with Crippen LogP contribution in [0, 0.1) is 6.92 Å². The van der Waals surface area contributed by atoms with Gasteiger partial charge in [0.1, 0.15) is 5.82 Å². The van der Waals surface area contributed by atoms with Gasteiger partial charge in [-0.2, -0.15) is 0 Å². The second-order valence-corrected chi connectivity index (χ2v) is 6.72. The Hall–Kier alpha value is -2.35. The molecule has 0 spiro atoms. The van der Waals surface area contributed by atoms with E-state index >= 15 is 0 Å². The Morgan fingerprint density at radius 1 is 1.32 bits per heavy atom. The number of hydrogen-bond donors (Lipinski definition) is 1. The van der Waals surface area contributed by atoms with Crippen molar-refractivity contribution in [2.45, 2.75) is 38.4 Å². The number of aromatic nitrogens is 3. The van der Waals surface area contributed by atoms with Gasteiger partial charge in [0, 0.05) is 19.5 Å². The molecular formula is C17H21N5O2S. The highest BCUT2D eigenvalue weighted by atomic mass is 32.2. The third-order valence-corrected chi connectivity index (χ3v) is 5.06. The smallest absolute Gasteiger partial charge is 0.234 e. The highest BCUT2D eigenvalue weighted by Crippen LogP contribution is 2.29. The van der Waals surface area contributed by atoms with Crippen molar-refractivity contribution in [3.63, 3.8) is 0 Å². The average molecular weight is 359 g/mol. The Morgan fingerprint density at radius 2 is 2.12 bits per heavy atom. The summed E-state index contributed by atoms with van der Waals surface area (Å²) in [4.78, 5) is 26.1. The lowest BCUT2D eigenvalue weighted by Gasteiger charge is -2.19. The first kappa shape index (κ1) is 17.5. The number of nitrogens with one attached hydrogen (secondary N) is 1. The number of nitrogens with zero attached hydrogens (tertiary/aromatic N) is 4. The first-order chi connectivity index (χ1) is 12.1. The topological polar surface area (TPSA) is 80.1 Å². The zero-order valence-corrected chi connectivity index (χ0v) is 15.2. The zero-order valence-electron chi connectivity index (χ0n) is 14.4. The van der Waals surface area contributed by atoms with Gasteiger partial charge in [-0.1, -0.05) is 23.9 Å². The molecule has 1 aromatic carbocycles. The Kier molecular flexibility index (Phi) is 5.37. The van der Waals surface area contributed by atoms with Gasteiger partial charge in [-0.05, 0) is 32.4 Å². The molecule has 8 heteroatoms. The van der Waals surface area contributed by atoms with E-state index in [4.69, 9.17) is 0 Å². The maximum atomic E-state index is 12.3. The minimum absolute atomic E-state index is 0.0996. The third kappa shape index (κ3) is 3.84. The number of para-hydroxylation sites is 2. The van der Waals surface area contributed by atoms with Crippen molar-refractivity contribution >= 4 is 35.0 Å². The highest BCUT2D eigenvalue weighted by molar-refractivity contribution is 7.99. The number of benzene rings is 1. The number of amides is 2. The van der Waals surface area contributed by atoms with Crippen LogP contribution in [0.4, 0.5) is 11.4 Å². The minimum Gasteiger partial charge on any atom is -0.324 e. The second kappa shape index (κ2) is 7.69. The Labute approximate surface area is 150 Å². The molecule has 3 rings (SSSR count). The standard InChI is InChI=1S/C17H21N5O2S/c1-3-21-12(2)19-20-17(21)25-11-15(23)18-13-7-4-5-8-14(13)22-10-6-9-16(22)24/h4-5,7-8H,3,6,9-11H2,1-2H3,(H,18,23). The lowest BCUT2D eigenvalue weighted by atomic mass is 10.2. The molecule has 2 aromatic rings. The zero-order chi connectivity index (χ0) is 17.8. The van der Waals surface area contributed by atoms with Crippen LogP contribution in [0.1, 0.15) is 25.6 Å². The SMILES string of the molecule is CCn1c(C)nnc1SCC(=O)Nc1ccccc1N1CCCC1=O. The van der Waals surface area contributed by atoms with Crippen molar-refractivity contribution in [2.24, 2.45) is 0 Å². The molecule has 0 aliphatic carbocycles. The van der Waals surface area contributed by atoms with Crippen molar-refractivity contribution < 1.29 is 9.59 Å². The van der Waals surface area contributed by atoms with Crippen molar-refractivity contribution in [3.8, 4) is 0 Å². The summed E-state index contributed by atoms with van der Waals surface area (Å²) < 4.78 is 1.97. The van der Waals surface area contributed by atoms with Crippen molar-refractivity contribution in [1.29, 1.82) is 0 Å². The van der Waals surface area contributed by atoms with E-state index < -0.39 is 0 Å². The molecule has 2 heterocycles. The predicted molar refractivity (Wildman–Crippen MR) is 97.8 cm³/mol. The largest absolute Gasteiger partial charge is 0.324 e. The first-order valence-corrected chi connectivity index (χ1v) is 9.30. The van der Waals surface area contributed by atoms with Gasteiger partial charge in [-0.15, -0.1) is 10.2 Å². The Balaban J connectivity index is 1.66. The van der Waals surface area contributed by atoms with E-state index in [9.17, 15) is 9.59 Å². The lowest BCUT2D eigenvalue weighted by Crippen LogP contribution is -2.26. The fourth-order valence-corrected chi connectivity index (χ4v) is 3.71. The first-order valence-electron chi connectivity index (χ1n) is 8.32. The van der Waals surface area contributed by atoms with Crippen molar-refractivity contribution in [3.05, 3.63) is 30.1 Å². The molecule has 2 amide bonds. The molecule has 0 radical (unpaired) electrons. The molecular weight excluding hydrogens is 338 g/mol. The van der Waals surface area contributed by atoms with Crippen molar-refractivity contribution in [1.82, 2.24) is 14.8 Å². The summed E-state index contributed by atoms with van der Waals surface area (Å²) in [5.41, 5.74) is 1.42. The fourth-order valence-electron chi connectivity index (χ4n) is 2.87. The lowest BCUT2D eigenvalue weighted by molar-refractivity contribution is -0.117. The number of anilines is 2. The Morgan fingerprint density at radius 3 is 2.84 bits per heavy atom. The number of aryl methyl sites for hydroxylation is 1. The molecule has 1 N–H and O–H groups in total. The normalized spacial score (nSPS) is 14.2. The van der Waals surface area contributed by atoms with Crippen LogP contribution in [0.25, 0.3) is 0 Å². The molecule has 0 unspecified atom stereocenters. The third-order valence-electron chi connectivity index (χ3n) is 4.09. The van der Waals surface area contributed by atoms with E-state index in [-0.39, 0.29) is 17.6 Å². The molecule has 1 fully saturated rings. The van der Waals surface area contributed by atoms with Crippen LogP contribution in [0.5, 0.6) is 0 Å². The number of carbonyl (C=O) groups is 2. The van der Waals surface area contributed by atoms with E-state index in [1.54, 1.807) is 4.90 Å². The highest BCUT2D eigenvalue weighted by Gasteiger charge is 2.24. The van der Waals surface area contributed by atoms with Gasteiger partial charge >= 0.3 is 0 Å². The molecule has 0 bridgehead atoms. The summed E-state index contributed by atoms with van der Waals surface area (Å²) in [5, 5.41) is 11.8. The summed E-state index contributed by atoms with van der Waals surface area (Å²) in [5.74, 6) is 1.04. The number of rotatable bonds is 6. The van der Waals surface area contributed by atoms with E-state index in [0.717, 1.165) is 29.6 Å². The van der Waals surface area contributed by atoms with E-state index in [1.807, 2.05) is 42.7 Å². The summed E-state index contributed by atoms with van der Waals surface area (Å²) in [6.45, 7) is 5.37. The molecule has 0 saturated carbocycles. The molecule has 1 aliphatic rings. The van der Waals surface area contributed by atoms with Gasteiger partial charge in [0.2, 0.25) is 11.8 Å². The van der Waals surface area contributed by atoms with Crippen LogP contribution in [-0.4, -0.2) is 38.9 Å². The van der Waals surface area contributed by atoms with Crippen LogP contribution in [0.15, 0.2) is 29.4 Å². The van der Waals surface area contributed by atoms with Crippen LogP contribution >= 0.6 is 11.8 Å². The molecule has 25 heavy (non-hydrogen) atoms. The fraction of sp³-hybridized carbons (Fsp3) is 0.412. The quantitative estimate of drug-likeness (QED) is 0.802. The van der Waals surface area contributed by atoms with E-state index in [2.05, 4.69) is 15.5 Å². The number of thioether (sulfide) groups is 1. The summed E-state index contributed by atoms with van der Waals surface area (Å²) in [6.07, 6.45) is 1.41. The second-order valence-electron chi connectivity index (χ2n) is 5.78. The molecule has 1 aromatic heterocycles. The molecule has 1 aliphatic heterocycles. The van der Waals surface area contributed by atoms with E-state index in [1.165, 1.54) is 11.8 Å². The van der Waals surface area contributed by atoms with Gasteiger partial charge in [0.05, 0.1) is 17.1 Å². The minimum atomic E-state index is -0.132. The van der Waals surface area contributed by atoms with Crippen LogP contribution in [0.3, 0.4) is 0 Å².